The fourth-order valence-electron chi connectivity index (χ4n) is 1.80. The number of hydrogen-bond donors (Lipinski definition) is 2. The molecule has 1 aromatic heterocycles. The first-order valence-electron chi connectivity index (χ1n) is 6.72. The van der Waals surface area contributed by atoms with Crippen LogP contribution in [0, 0.1) is 6.92 Å². The molecule has 0 unspecified atom stereocenters. The number of benzene rings is 1. The van der Waals surface area contributed by atoms with Gasteiger partial charge >= 0.3 is 0 Å². The highest BCUT2D eigenvalue weighted by Crippen LogP contribution is 2.21. The molecule has 0 aliphatic rings. The second-order valence-corrected chi connectivity index (χ2v) is 4.50. The van der Waals surface area contributed by atoms with Gasteiger partial charge in [0.2, 0.25) is 5.95 Å². The highest BCUT2D eigenvalue weighted by atomic mass is 16.5. The van der Waals surface area contributed by atoms with Gasteiger partial charge in [0.1, 0.15) is 11.6 Å². The lowest BCUT2D eigenvalue weighted by atomic mass is 10.3. The van der Waals surface area contributed by atoms with Crippen LogP contribution in [-0.4, -0.2) is 23.6 Å². The van der Waals surface area contributed by atoms with Gasteiger partial charge in [0.05, 0.1) is 7.11 Å². The van der Waals surface area contributed by atoms with E-state index in [1.165, 1.54) is 0 Å². The van der Waals surface area contributed by atoms with Gasteiger partial charge in [-0.15, -0.1) is 0 Å². The van der Waals surface area contributed by atoms with E-state index in [9.17, 15) is 0 Å². The first-order chi connectivity index (χ1) is 9.71. The summed E-state index contributed by atoms with van der Waals surface area (Å²) in [7, 11) is 1.65. The van der Waals surface area contributed by atoms with Crippen molar-refractivity contribution in [3.8, 4) is 5.75 Å². The minimum Gasteiger partial charge on any atom is -0.497 e. The molecule has 0 radical (unpaired) electrons. The van der Waals surface area contributed by atoms with Crippen LogP contribution >= 0.6 is 0 Å². The zero-order chi connectivity index (χ0) is 14.4. The molecule has 1 heterocycles. The summed E-state index contributed by atoms with van der Waals surface area (Å²) in [5, 5.41) is 6.46. The summed E-state index contributed by atoms with van der Waals surface area (Å²) in [5.74, 6) is 2.23. The summed E-state index contributed by atoms with van der Waals surface area (Å²) in [4.78, 5) is 8.81. The van der Waals surface area contributed by atoms with Gasteiger partial charge in [-0.2, -0.15) is 4.98 Å². The minimum absolute atomic E-state index is 0.650. The number of ether oxygens (including phenoxy) is 1. The molecular formula is C15H20N4O. The lowest BCUT2D eigenvalue weighted by Crippen LogP contribution is -2.06. The standard InChI is InChI=1S/C15H20N4O/c1-4-8-16-15-17-11(2)9-14(19-15)18-12-6-5-7-13(10-12)20-3/h5-7,9-10H,4,8H2,1-3H3,(H2,16,17,18,19). The Balaban J connectivity index is 2.17. The number of rotatable bonds is 6. The summed E-state index contributed by atoms with van der Waals surface area (Å²) in [5.41, 5.74) is 1.85. The Bertz CT molecular complexity index is 572. The molecule has 0 spiro atoms. The summed E-state index contributed by atoms with van der Waals surface area (Å²) >= 11 is 0. The van der Waals surface area contributed by atoms with Crippen LogP contribution in [0.3, 0.4) is 0 Å². The van der Waals surface area contributed by atoms with Gasteiger partial charge in [-0.1, -0.05) is 13.0 Å². The maximum Gasteiger partial charge on any atom is 0.224 e. The highest BCUT2D eigenvalue weighted by Gasteiger charge is 2.03. The summed E-state index contributed by atoms with van der Waals surface area (Å²) in [6, 6.07) is 9.66. The van der Waals surface area contributed by atoms with Crippen molar-refractivity contribution in [2.75, 3.05) is 24.3 Å². The summed E-state index contributed by atoms with van der Waals surface area (Å²) in [6.07, 6.45) is 1.04. The Hall–Kier alpha value is -2.30. The van der Waals surface area contributed by atoms with Gasteiger partial charge in [0.15, 0.2) is 0 Å². The largest absolute Gasteiger partial charge is 0.497 e. The second-order valence-electron chi connectivity index (χ2n) is 4.50. The average Bonchev–Trinajstić information content (AvgIpc) is 2.44. The number of aryl methyl sites for hydroxylation is 1. The van der Waals surface area contributed by atoms with E-state index in [2.05, 4.69) is 27.5 Å². The van der Waals surface area contributed by atoms with Crippen molar-refractivity contribution >= 4 is 17.5 Å². The van der Waals surface area contributed by atoms with Gasteiger partial charge in [-0.25, -0.2) is 4.98 Å². The third-order valence-corrected chi connectivity index (χ3v) is 2.73. The van der Waals surface area contributed by atoms with E-state index >= 15 is 0 Å². The SMILES string of the molecule is CCCNc1nc(C)cc(Nc2cccc(OC)c2)n1. The van der Waals surface area contributed by atoms with E-state index in [0.29, 0.717) is 5.95 Å². The van der Waals surface area contributed by atoms with E-state index in [0.717, 1.165) is 35.9 Å². The topological polar surface area (TPSA) is 59.1 Å². The molecule has 0 saturated carbocycles. The number of nitrogens with zero attached hydrogens (tertiary/aromatic N) is 2. The molecule has 2 rings (SSSR count). The number of nitrogens with one attached hydrogen (secondary N) is 2. The van der Waals surface area contributed by atoms with E-state index in [-0.39, 0.29) is 0 Å². The third-order valence-electron chi connectivity index (χ3n) is 2.73. The molecule has 0 aliphatic carbocycles. The molecule has 0 atom stereocenters. The van der Waals surface area contributed by atoms with Gasteiger partial charge < -0.3 is 15.4 Å². The second kappa shape index (κ2) is 6.75. The van der Waals surface area contributed by atoms with Crippen molar-refractivity contribution in [2.45, 2.75) is 20.3 Å². The van der Waals surface area contributed by atoms with Crippen molar-refractivity contribution in [3.63, 3.8) is 0 Å². The number of aromatic nitrogens is 2. The van der Waals surface area contributed by atoms with Crippen molar-refractivity contribution in [2.24, 2.45) is 0 Å². The van der Waals surface area contributed by atoms with Crippen LogP contribution in [0.4, 0.5) is 17.5 Å². The van der Waals surface area contributed by atoms with Gasteiger partial charge in [-0.3, -0.25) is 0 Å². The molecule has 0 saturated heterocycles. The minimum atomic E-state index is 0.650. The molecule has 106 valence electrons. The number of methoxy groups -OCH3 is 1. The summed E-state index contributed by atoms with van der Waals surface area (Å²) < 4.78 is 5.21. The molecule has 0 aliphatic heterocycles. The predicted octanol–water partition coefficient (Wildman–Crippen LogP) is 3.36. The maximum absolute atomic E-state index is 5.21. The Labute approximate surface area is 119 Å². The lowest BCUT2D eigenvalue weighted by molar-refractivity contribution is 0.415. The van der Waals surface area contributed by atoms with Gasteiger partial charge in [-0.05, 0) is 25.5 Å². The first-order valence-corrected chi connectivity index (χ1v) is 6.72. The van der Waals surface area contributed by atoms with Crippen LogP contribution in [-0.2, 0) is 0 Å². The van der Waals surface area contributed by atoms with Crippen molar-refractivity contribution in [1.82, 2.24) is 9.97 Å². The van der Waals surface area contributed by atoms with Gasteiger partial charge in [0.25, 0.3) is 0 Å². The molecule has 0 bridgehead atoms. The third kappa shape index (κ3) is 3.85. The predicted molar refractivity (Wildman–Crippen MR) is 81.8 cm³/mol. The molecule has 0 amide bonds. The van der Waals surface area contributed by atoms with E-state index < -0.39 is 0 Å². The van der Waals surface area contributed by atoms with Crippen LogP contribution in [0.15, 0.2) is 30.3 Å². The van der Waals surface area contributed by atoms with Crippen molar-refractivity contribution < 1.29 is 4.74 Å². The summed E-state index contributed by atoms with van der Waals surface area (Å²) in [6.45, 7) is 4.93. The van der Waals surface area contributed by atoms with E-state index in [1.807, 2.05) is 37.3 Å². The number of anilines is 3. The van der Waals surface area contributed by atoms with Crippen molar-refractivity contribution in [1.29, 1.82) is 0 Å². The molecule has 20 heavy (non-hydrogen) atoms. The van der Waals surface area contributed by atoms with Crippen LogP contribution in [0.1, 0.15) is 19.0 Å². The van der Waals surface area contributed by atoms with Crippen LogP contribution in [0.5, 0.6) is 5.75 Å². The maximum atomic E-state index is 5.21. The zero-order valence-corrected chi connectivity index (χ0v) is 12.1. The molecule has 2 aromatic rings. The Kier molecular flexibility index (Phi) is 4.76. The van der Waals surface area contributed by atoms with Crippen molar-refractivity contribution in [3.05, 3.63) is 36.0 Å². The molecule has 1 aromatic carbocycles. The molecule has 0 fully saturated rings. The molecule has 5 heteroatoms. The van der Waals surface area contributed by atoms with Gasteiger partial charge in [0, 0.05) is 30.1 Å². The van der Waals surface area contributed by atoms with E-state index in [4.69, 9.17) is 4.74 Å². The monoisotopic (exact) mass is 272 g/mol. The average molecular weight is 272 g/mol. The quantitative estimate of drug-likeness (QED) is 0.844. The fourth-order valence-corrected chi connectivity index (χ4v) is 1.80. The number of hydrogen-bond acceptors (Lipinski definition) is 5. The Morgan fingerprint density at radius 3 is 2.80 bits per heavy atom. The zero-order valence-electron chi connectivity index (χ0n) is 12.1. The normalized spacial score (nSPS) is 10.2. The highest BCUT2D eigenvalue weighted by molar-refractivity contribution is 5.59. The Morgan fingerprint density at radius 2 is 2.05 bits per heavy atom. The van der Waals surface area contributed by atoms with E-state index in [1.54, 1.807) is 7.11 Å². The molecule has 2 N–H and O–H groups in total. The van der Waals surface area contributed by atoms with Crippen LogP contribution in [0.25, 0.3) is 0 Å². The fraction of sp³-hybridized carbons (Fsp3) is 0.333. The Morgan fingerprint density at radius 1 is 1.20 bits per heavy atom. The molecule has 5 nitrogen and oxygen atoms in total. The smallest absolute Gasteiger partial charge is 0.224 e. The van der Waals surface area contributed by atoms with Crippen LogP contribution in [0.2, 0.25) is 0 Å². The molecular weight excluding hydrogens is 252 g/mol. The lowest BCUT2D eigenvalue weighted by Gasteiger charge is -2.10. The van der Waals surface area contributed by atoms with Crippen LogP contribution < -0.4 is 15.4 Å². The first kappa shape index (κ1) is 14.1.